The lowest BCUT2D eigenvalue weighted by atomic mass is 10.2. The molecule has 0 saturated carbocycles. The number of aromatic nitrogens is 2. The molecule has 7 heteroatoms. The van der Waals surface area contributed by atoms with E-state index in [9.17, 15) is 8.42 Å². The van der Waals surface area contributed by atoms with Gasteiger partial charge in [-0.05, 0) is 24.1 Å². The van der Waals surface area contributed by atoms with Crippen molar-refractivity contribution in [3.63, 3.8) is 0 Å². The van der Waals surface area contributed by atoms with E-state index in [1.165, 1.54) is 0 Å². The van der Waals surface area contributed by atoms with Crippen LogP contribution in [0.3, 0.4) is 0 Å². The molecule has 0 aliphatic heterocycles. The minimum Gasteiger partial charge on any atom is -0.399 e. The largest absolute Gasteiger partial charge is 0.399 e. The van der Waals surface area contributed by atoms with Gasteiger partial charge in [0.2, 0.25) is 10.0 Å². The summed E-state index contributed by atoms with van der Waals surface area (Å²) in [5, 5.41) is 6.74. The van der Waals surface area contributed by atoms with Gasteiger partial charge in [-0.3, -0.25) is 9.82 Å². The molecule has 20 heavy (non-hydrogen) atoms. The van der Waals surface area contributed by atoms with Crippen LogP contribution in [0.2, 0.25) is 0 Å². The van der Waals surface area contributed by atoms with Crippen LogP contribution in [0, 0.1) is 0 Å². The van der Waals surface area contributed by atoms with Gasteiger partial charge in [0.15, 0.2) is 5.82 Å². The van der Waals surface area contributed by atoms with Gasteiger partial charge in [-0.1, -0.05) is 25.5 Å². The Bertz CT molecular complexity index is 679. The van der Waals surface area contributed by atoms with Crippen LogP contribution in [0.4, 0.5) is 11.5 Å². The van der Waals surface area contributed by atoms with Crippen LogP contribution >= 0.6 is 0 Å². The molecule has 2 aromatic rings. The van der Waals surface area contributed by atoms with E-state index >= 15 is 0 Å². The maximum atomic E-state index is 12.0. The van der Waals surface area contributed by atoms with Crippen LogP contribution in [0.5, 0.6) is 0 Å². The minimum atomic E-state index is -3.49. The molecule has 4 N–H and O–H groups in total. The van der Waals surface area contributed by atoms with Crippen LogP contribution in [0.15, 0.2) is 30.3 Å². The summed E-state index contributed by atoms with van der Waals surface area (Å²) in [7, 11) is -3.49. The molecule has 0 saturated heterocycles. The normalized spacial score (nSPS) is 11.4. The predicted octanol–water partition coefficient (Wildman–Crippen LogP) is 1.89. The topological polar surface area (TPSA) is 101 Å². The first kappa shape index (κ1) is 14.4. The molecule has 0 radical (unpaired) electrons. The number of anilines is 2. The fraction of sp³-hybridized carbons (Fsp3) is 0.308. The number of sulfonamides is 1. The zero-order valence-electron chi connectivity index (χ0n) is 11.3. The van der Waals surface area contributed by atoms with Crippen LogP contribution in [0.25, 0.3) is 0 Å². The second-order valence-electron chi connectivity index (χ2n) is 4.63. The van der Waals surface area contributed by atoms with Gasteiger partial charge in [-0.15, -0.1) is 0 Å². The van der Waals surface area contributed by atoms with Crippen molar-refractivity contribution in [1.29, 1.82) is 0 Å². The Balaban J connectivity index is 2.06. The highest BCUT2D eigenvalue weighted by atomic mass is 32.2. The molecular formula is C13H18N4O2S. The van der Waals surface area contributed by atoms with Crippen molar-refractivity contribution >= 4 is 21.5 Å². The summed E-state index contributed by atoms with van der Waals surface area (Å²) in [6.45, 7) is 2.05. The van der Waals surface area contributed by atoms with E-state index in [0.717, 1.165) is 18.5 Å². The highest BCUT2D eigenvalue weighted by Crippen LogP contribution is 2.14. The number of hydrogen-bond acceptors (Lipinski definition) is 4. The number of nitrogens with one attached hydrogen (secondary N) is 2. The smallest absolute Gasteiger partial charge is 0.238 e. The molecule has 0 unspecified atom stereocenters. The van der Waals surface area contributed by atoms with Crippen molar-refractivity contribution in [2.75, 3.05) is 10.5 Å². The standard InChI is InChI=1S/C13H18N4O2S/c1-2-4-12-8-13(16-15-12)17-20(18,19)9-10-5-3-6-11(14)7-10/h3,5-8H,2,4,9,14H2,1H3,(H2,15,16,17). The Morgan fingerprint density at radius 3 is 2.85 bits per heavy atom. The molecule has 0 aliphatic rings. The summed E-state index contributed by atoms with van der Waals surface area (Å²) < 4.78 is 26.5. The second kappa shape index (κ2) is 5.96. The van der Waals surface area contributed by atoms with E-state index in [0.29, 0.717) is 17.1 Å². The quantitative estimate of drug-likeness (QED) is 0.708. The first-order valence-corrected chi connectivity index (χ1v) is 8.03. The van der Waals surface area contributed by atoms with Crippen molar-refractivity contribution in [2.24, 2.45) is 0 Å². The number of aryl methyl sites for hydroxylation is 1. The minimum absolute atomic E-state index is 0.131. The van der Waals surface area contributed by atoms with Gasteiger partial charge < -0.3 is 5.73 Å². The summed E-state index contributed by atoms with van der Waals surface area (Å²) in [5.74, 6) is 0.186. The molecule has 1 aromatic heterocycles. The third kappa shape index (κ3) is 3.99. The van der Waals surface area contributed by atoms with Crippen LogP contribution < -0.4 is 10.5 Å². The molecule has 0 bridgehead atoms. The maximum Gasteiger partial charge on any atom is 0.238 e. The first-order chi connectivity index (χ1) is 9.48. The third-order valence-electron chi connectivity index (χ3n) is 2.72. The van der Waals surface area contributed by atoms with E-state index < -0.39 is 10.0 Å². The lowest BCUT2D eigenvalue weighted by Crippen LogP contribution is -2.15. The van der Waals surface area contributed by atoms with E-state index in [2.05, 4.69) is 14.9 Å². The zero-order valence-corrected chi connectivity index (χ0v) is 12.1. The summed E-state index contributed by atoms with van der Waals surface area (Å²) in [6, 6.07) is 8.53. The number of H-pyrrole nitrogens is 1. The highest BCUT2D eigenvalue weighted by Gasteiger charge is 2.13. The Morgan fingerprint density at radius 2 is 2.15 bits per heavy atom. The maximum absolute atomic E-state index is 12.0. The lowest BCUT2D eigenvalue weighted by Gasteiger charge is -2.05. The van der Waals surface area contributed by atoms with Crippen molar-refractivity contribution in [3.05, 3.63) is 41.6 Å². The van der Waals surface area contributed by atoms with Crippen molar-refractivity contribution < 1.29 is 8.42 Å². The number of nitrogens with zero attached hydrogens (tertiary/aromatic N) is 1. The van der Waals surface area contributed by atoms with Crippen molar-refractivity contribution in [3.8, 4) is 0 Å². The van der Waals surface area contributed by atoms with Crippen molar-refractivity contribution in [1.82, 2.24) is 10.2 Å². The number of rotatable bonds is 6. The molecule has 6 nitrogen and oxygen atoms in total. The predicted molar refractivity (Wildman–Crippen MR) is 79.7 cm³/mol. The average Bonchev–Trinajstić information content (AvgIpc) is 2.75. The molecule has 0 spiro atoms. The molecule has 2 rings (SSSR count). The van der Waals surface area contributed by atoms with Crippen LogP contribution in [-0.2, 0) is 22.2 Å². The van der Waals surface area contributed by atoms with E-state index in [4.69, 9.17) is 5.73 Å². The van der Waals surface area contributed by atoms with Gasteiger partial charge in [-0.25, -0.2) is 8.42 Å². The Labute approximate surface area is 118 Å². The monoisotopic (exact) mass is 294 g/mol. The lowest BCUT2D eigenvalue weighted by molar-refractivity contribution is 0.600. The molecule has 0 atom stereocenters. The van der Waals surface area contributed by atoms with Gasteiger partial charge in [-0.2, -0.15) is 5.10 Å². The fourth-order valence-corrected chi connectivity index (χ4v) is 3.02. The molecule has 0 amide bonds. The van der Waals surface area contributed by atoms with E-state index in [1.54, 1.807) is 30.3 Å². The van der Waals surface area contributed by atoms with Gasteiger partial charge >= 0.3 is 0 Å². The van der Waals surface area contributed by atoms with Gasteiger partial charge in [0, 0.05) is 17.4 Å². The summed E-state index contributed by atoms with van der Waals surface area (Å²) in [6.07, 6.45) is 1.81. The Morgan fingerprint density at radius 1 is 1.35 bits per heavy atom. The molecule has 108 valence electrons. The van der Waals surface area contributed by atoms with Crippen LogP contribution in [-0.4, -0.2) is 18.6 Å². The SMILES string of the molecule is CCCc1cc(NS(=O)(=O)Cc2cccc(N)c2)n[nH]1. The van der Waals surface area contributed by atoms with Gasteiger partial charge in [0.25, 0.3) is 0 Å². The molecule has 1 heterocycles. The average molecular weight is 294 g/mol. The zero-order chi connectivity index (χ0) is 14.6. The summed E-state index contributed by atoms with van der Waals surface area (Å²) >= 11 is 0. The van der Waals surface area contributed by atoms with Gasteiger partial charge in [0.05, 0.1) is 5.75 Å². The number of aromatic amines is 1. The van der Waals surface area contributed by atoms with E-state index in [1.807, 2.05) is 6.92 Å². The molecule has 0 aliphatic carbocycles. The molecular weight excluding hydrogens is 276 g/mol. The first-order valence-electron chi connectivity index (χ1n) is 6.37. The third-order valence-corrected chi connectivity index (χ3v) is 3.95. The molecule has 1 aromatic carbocycles. The number of benzene rings is 1. The molecule has 0 fully saturated rings. The van der Waals surface area contributed by atoms with E-state index in [-0.39, 0.29) is 5.75 Å². The number of nitrogens with two attached hydrogens (primary N) is 1. The second-order valence-corrected chi connectivity index (χ2v) is 6.36. The number of hydrogen-bond donors (Lipinski definition) is 3. The Kier molecular flexibility index (Phi) is 4.29. The van der Waals surface area contributed by atoms with Gasteiger partial charge in [0.1, 0.15) is 0 Å². The highest BCUT2D eigenvalue weighted by molar-refractivity contribution is 7.91. The number of nitrogen functional groups attached to an aromatic ring is 1. The fourth-order valence-electron chi connectivity index (χ4n) is 1.91. The summed E-state index contributed by atoms with van der Waals surface area (Å²) in [4.78, 5) is 0. The Hall–Kier alpha value is -2.02. The summed E-state index contributed by atoms with van der Waals surface area (Å²) in [5.41, 5.74) is 7.73. The van der Waals surface area contributed by atoms with Crippen molar-refractivity contribution in [2.45, 2.75) is 25.5 Å². The van der Waals surface area contributed by atoms with Crippen LogP contribution in [0.1, 0.15) is 24.6 Å².